The predicted molar refractivity (Wildman–Crippen MR) is 75.6 cm³/mol. The van der Waals surface area contributed by atoms with Crippen LogP contribution >= 0.6 is 0 Å². The molecule has 104 valence electrons. The predicted octanol–water partition coefficient (Wildman–Crippen LogP) is 1.30. The molecule has 1 aromatic carbocycles. The van der Waals surface area contributed by atoms with Crippen LogP contribution in [-0.4, -0.2) is 33.6 Å². The quantitative estimate of drug-likeness (QED) is 0.855. The lowest BCUT2D eigenvalue weighted by molar-refractivity contribution is 0.350. The van der Waals surface area contributed by atoms with Crippen LogP contribution in [0.3, 0.4) is 0 Å². The van der Waals surface area contributed by atoms with Gasteiger partial charge in [-0.3, -0.25) is 0 Å². The minimum atomic E-state index is -0.150. The number of nitrogens with zero attached hydrogens (tertiary/aromatic N) is 3. The van der Waals surface area contributed by atoms with Crippen molar-refractivity contribution in [3.05, 3.63) is 41.0 Å². The van der Waals surface area contributed by atoms with Gasteiger partial charge in [-0.15, -0.1) is 0 Å². The van der Waals surface area contributed by atoms with Crippen molar-refractivity contribution in [2.45, 2.75) is 20.4 Å². The van der Waals surface area contributed by atoms with Crippen LogP contribution in [-0.2, 0) is 6.54 Å². The van der Waals surface area contributed by atoms with Gasteiger partial charge in [-0.25, -0.2) is 9.67 Å². The van der Waals surface area contributed by atoms with E-state index in [9.17, 15) is 0 Å². The largest absolute Gasteiger partial charge is 0.496 e. The minimum absolute atomic E-state index is 0.150. The third kappa shape index (κ3) is 3.16. The Labute approximate surface area is 118 Å². The van der Waals surface area contributed by atoms with E-state index in [0.29, 0.717) is 6.54 Å². The van der Waals surface area contributed by atoms with Crippen LogP contribution in [0, 0.1) is 25.7 Å². The summed E-state index contributed by atoms with van der Waals surface area (Å²) in [4.78, 5) is 4.28. The molecular weight excluding hydrogens is 254 g/mol. The first-order valence-corrected chi connectivity index (χ1v) is 6.28. The van der Waals surface area contributed by atoms with Crippen molar-refractivity contribution in [1.29, 1.82) is 0 Å². The van der Waals surface area contributed by atoms with Gasteiger partial charge in [0.25, 0.3) is 0 Å². The number of aromatic nitrogens is 3. The molecule has 0 saturated carbocycles. The van der Waals surface area contributed by atoms with Crippen LogP contribution in [0.2, 0.25) is 0 Å². The van der Waals surface area contributed by atoms with Crippen molar-refractivity contribution in [1.82, 2.24) is 14.8 Å². The zero-order valence-corrected chi connectivity index (χ0v) is 11.8. The molecule has 0 fully saturated rings. The highest BCUT2D eigenvalue weighted by atomic mass is 16.5. The Morgan fingerprint density at radius 1 is 1.35 bits per heavy atom. The van der Waals surface area contributed by atoms with Crippen molar-refractivity contribution < 1.29 is 9.84 Å². The Bertz CT molecular complexity index is 665. The van der Waals surface area contributed by atoms with Gasteiger partial charge in [0.05, 0.1) is 13.7 Å². The van der Waals surface area contributed by atoms with Gasteiger partial charge in [0, 0.05) is 11.1 Å². The molecular formula is C15H17N3O2. The zero-order chi connectivity index (χ0) is 14.5. The van der Waals surface area contributed by atoms with E-state index in [1.165, 1.54) is 0 Å². The van der Waals surface area contributed by atoms with Gasteiger partial charge in [0.15, 0.2) is 0 Å². The number of methoxy groups -OCH3 is 1. The number of aliphatic hydroxyl groups excluding tert-OH is 1. The van der Waals surface area contributed by atoms with Gasteiger partial charge in [0.1, 0.15) is 24.0 Å². The molecule has 2 rings (SSSR count). The Balaban J connectivity index is 2.35. The molecule has 2 aromatic rings. The maximum Gasteiger partial charge on any atom is 0.147 e. The van der Waals surface area contributed by atoms with Gasteiger partial charge >= 0.3 is 0 Å². The summed E-state index contributed by atoms with van der Waals surface area (Å²) in [5.41, 5.74) is 1.81. The van der Waals surface area contributed by atoms with E-state index in [1.54, 1.807) is 7.11 Å². The minimum Gasteiger partial charge on any atom is -0.496 e. The summed E-state index contributed by atoms with van der Waals surface area (Å²) in [6, 6.07) is 5.68. The Morgan fingerprint density at radius 2 is 2.15 bits per heavy atom. The summed E-state index contributed by atoms with van der Waals surface area (Å²) in [7, 11) is 1.64. The highest BCUT2D eigenvalue weighted by molar-refractivity contribution is 5.44. The molecule has 0 aliphatic carbocycles. The van der Waals surface area contributed by atoms with Crippen LogP contribution in [0.5, 0.6) is 5.75 Å². The molecule has 0 radical (unpaired) electrons. The molecule has 0 aliphatic heterocycles. The smallest absolute Gasteiger partial charge is 0.147 e. The van der Waals surface area contributed by atoms with Gasteiger partial charge in [-0.05, 0) is 32.0 Å². The van der Waals surface area contributed by atoms with Gasteiger partial charge < -0.3 is 9.84 Å². The summed E-state index contributed by atoms with van der Waals surface area (Å²) >= 11 is 0. The fourth-order valence-corrected chi connectivity index (χ4v) is 1.99. The second-order valence-corrected chi connectivity index (χ2v) is 4.35. The third-order valence-corrected chi connectivity index (χ3v) is 2.87. The van der Waals surface area contributed by atoms with Crippen molar-refractivity contribution in [3.8, 4) is 17.6 Å². The monoisotopic (exact) mass is 271 g/mol. The van der Waals surface area contributed by atoms with Gasteiger partial charge in [-0.2, -0.15) is 5.10 Å². The van der Waals surface area contributed by atoms with E-state index >= 15 is 0 Å². The Morgan fingerprint density at radius 3 is 2.75 bits per heavy atom. The SMILES string of the molecule is COc1ccc(C#CCO)cc1Cn1nc(C)nc1C. The van der Waals surface area contributed by atoms with E-state index in [4.69, 9.17) is 9.84 Å². The molecule has 20 heavy (non-hydrogen) atoms. The molecule has 5 nitrogen and oxygen atoms in total. The number of hydrogen-bond acceptors (Lipinski definition) is 4. The summed E-state index contributed by atoms with van der Waals surface area (Å²) < 4.78 is 7.19. The Hall–Kier alpha value is -2.32. The molecule has 0 atom stereocenters. The molecule has 1 heterocycles. The van der Waals surface area contributed by atoms with Crippen LogP contribution in [0.15, 0.2) is 18.2 Å². The average molecular weight is 271 g/mol. The molecule has 5 heteroatoms. The molecule has 0 unspecified atom stereocenters. The second-order valence-electron chi connectivity index (χ2n) is 4.35. The molecule has 0 aliphatic rings. The van der Waals surface area contributed by atoms with Crippen molar-refractivity contribution in [2.24, 2.45) is 0 Å². The van der Waals surface area contributed by atoms with Crippen molar-refractivity contribution >= 4 is 0 Å². The second kappa shape index (κ2) is 6.22. The first kappa shape index (κ1) is 14.1. The lowest BCUT2D eigenvalue weighted by atomic mass is 10.1. The normalized spacial score (nSPS) is 10.0. The molecule has 0 saturated heterocycles. The Kier molecular flexibility index (Phi) is 4.38. The highest BCUT2D eigenvalue weighted by Crippen LogP contribution is 2.21. The fourth-order valence-electron chi connectivity index (χ4n) is 1.99. The van der Waals surface area contributed by atoms with Crippen molar-refractivity contribution in [2.75, 3.05) is 13.7 Å². The standard InChI is InChI=1S/C15H17N3O2/c1-11-16-12(2)18(17-11)10-14-9-13(5-4-8-19)6-7-15(14)20-3/h6-7,9,19H,8,10H2,1-3H3. The lowest BCUT2D eigenvalue weighted by Gasteiger charge is -2.09. The number of aryl methyl sites for hydroxylation is 2. The van der Waals surface area contributed by atoms with Gasteiger partial charge in [-0.1, -0.05) is 11.8 Å². The van der Waals surface area contributed by atoms with Crippen LogP contribution in [0.4, 0.5) is 0 Å². The average Bonchev–Trinajstić information content (AvgIpc) is 2.75. The number of aliphatic hydroxyl groups is 1. The maximum absolute atomic E-state index is 8.75. The van der Waals surface area contributed by atoms with E-state index in [2.05, 4.69) is 21.9 Å². The first-order valence-electron chi connectivity index (χ1n) is 6.28. The van der Waals surface area contributed by atoms with E-state index in [0.717, 1.165) is 28.5 Å². The van der Waals surface area contributed by atoms with Crippen LogP contribution in [0.1, 0.15) is 22.8 Å². The molecule has 0 spiro atoms. The summed E-state index contributed by atoms with van der Waals surface area (Å²) in [5.74, 6) is 7.92. The first-order chi connectivity index (χ1) is 9.63. The van der Waals surface area contributed by atoms with E-state index < -0.39 is 0 Å². The molecule has 1 aromatic heterocycles. The van der Waals surface area contributed by atoms with E-state index in [-0.39, 0.29) is 6.61 Å². The summed E-state index contributed by atoms with van der Waals surface area (Å²) in [6.45, 7) is 4.21. The lowest BCUT2D eigenvalue weighted by Crippen LogP contribution is -2.06. The summed E-state index contributed by atoms with van der Waals surface area (Å²) in [5, 5.41) is 13.1. The highest BCUT2D eigenvalue weighted by Gasteiger charge is 2.08. The summed E-state index contributed by atoms with van der Waals surface area (Å²) in [6.07, 6.45) is 0. The number of hydrogen-bond donors (Lipinski definition) is 1. The molecule has 1 N–H and O–H groups in total. The zero-order valence-electron chi connectivity index (χ0n) is 11.8. The van der Waals surface area contributed by atoms with E-state index in [1.807, 2.05) is 36.7 Å². The molecule has 0 bridgehead atoms. The van der Waals surface area contributed by atoms with Crippen LogP contribution < -0.4 is 4.74 Å². The number of benzene rings is 1. The maximum atomic E-state index is 8.75. The molecule has 0 amide bonds. The van der Waals surface area contributed by atoms with Crippen LogP contribution in [0.25, 0.3) is 0 Å². The topological polar surface area (TPSA) is 60.2 Å². The number of ether oxygens (including phenoxy) is 1. The van der Waals surface area contributed by atoms with Gasteiger partial charge in [0.2, 0.25) is 0 Å². The third-order valence-electron chi connectivity index (χ3n) is 2.87. The van der Waals surface area contributed by atoms with Crippen molar-refractivity contribution in [3.63, 3.8) is 0 Å². The fraction of sp³-hybridized carbons (Fsp3) is 0.333. The number of rotatable bonds is 3.